The Balaban J connectivity index is 1.25. The average Bonchev–Trinajstić information content (AvgIpc) is 3.40. The van der Waals surface area contributed by atoms with E-state index in [4.69, 9.17) is 9.47 Å². The molecule has 3 N–H and O–H groups in total. The number of urea groups is 1. The fourth-order valence-electron chi connectivity index (χ4n) is 4.27. The molecule has 0 bridgehead atoms. The fraction of sp³-hybridized carbons (Fsp3) is 0.276. The number of amides is 2. The van der Waals surface area contributed by atoms with Crippen molar-refractivity contribution in [3.05, 3.63) is 107 Å². The van der Waals surface area contributed by atoms with E-state index in [1.807, 2.05) is 90.5 Å². The minimum absolute atomic E-state index is 0.000826. The Kier molecular flexibility index (Phi) is 8.89. The van der Waals surface area contributed by atoms with E-state index in [-0.39, 0.29) is 24.8 Å². The van der Waals surface area contributed by atoms with E-state index in [0.29, 0.717) is 24.4 Å². The molecule has 9 nitrogen and oxygen atoms in total. The van der Waals surface area contributed by atoms with Crippen LogP contribution in [0.1, 0.15) is 41.1 Å². The number of aliphatic hydroxyl groups excluding tert-OH is 1. The van der Waals surface area contributed by atoms with Gasteiger partial charge in [-0.1, -0.05) is 78.5 Å². The van der Waals surface area contributed by atoms with Crippen LogP contribution in [0.25, 0.3) is 0 Å². The first-order valence-corrected chi connectivity index (χ1v) is 13.7. The predicted octanol–water partition coefficient (Wildman–Crippen LogP) is 4.97. The van der Waals surface area contributed by atoms with Crippen LogP contribution in [0.2, 0.25) is 0 Å². The summed E-state index contributed by atoms with van der Waals surface area (Å²) in [7, 11) is 1.92. The molecule has 0 aliphatic carbocycles. The molecule has 39 heavy (non-hydrogen) atoms. The number of ether oxygens (including phenoxy) is 2. The Hall–Kier alpha value is -3.70. The zero-order valence-corrected chi connectivity index (χ0v) is 22.4. The van der Waals surface area contributed by atoms with Gasteiger partial charge in [0.05, 0.1) is 18.8 Å². The zero-order chi connectivity index (χ0) is 27.0. The molecule has 202 valence electrons. The van der Waals surface area contributed by atoms with Crippen molar-refractivity contribution >= 4 is 23.5 Å². The normalized spacial score (nSPS) is 19.0. The highest BCUT2D eigenvalue weighted by atomic mass is 32.2. The number of nitrogens with one attached hydrogen (secondary N) is 2. The lowest BCUT2D eigenvalue weighted by atomic mass is 10.0. The van der Waals surface area contributed by atoms with Gasteiger partial charge in [0.2, 0.25) is 0 Å². The maximum Gasteiger partial charge on any atom is 0.319 e. The van der Waals surface area contributed by atoms with Crippen LogP contribution < -0.4 is 10.6 Å². The fourth-order valence-corrected chi connectivity index (χ4v) is 5.18. The third-order valence-corrected chi connectivity index (χ3v) is 7.59. The van der Waals surface area contributed by atoms with Gasteiger partial charge in [0, 0.05) is 37.0 Å². The number of aliphatic hydroxyl groups is 1. The maximum atomic E-state index is 12.4. The number of carbonyl (C=O) groups is 1. The molecular weight excluding hydrogens is 514 g/mol. The highest BCUT2D eigenvalue weighted by Gasteiger charge is 2.32. The average molecular weight is 546 g/mol. The van der Waals surface area contributed by atoms with Gasteiger partial charge in [-0.25, -0.2) is 4.79 Å². The number of aryl methyl sites for hydroxylation is 1. The molecule has 1 aromatic heterocycles. The first kappa shape index (κ1) is 26.9. The van der Waals surface area contributed by atoms with Crippen LogP contribution in [0.4, 0.5) is 10.5 Å². The van der Waals surface area contributed by atoms with Crippen molar-refractivity contribution in [3.8, 4) is 0 Å². The topological polar surface area (TPSA) is 111 Å². The summed E-state index contributed by atoms with van der Waals surface area (Å²) in [6.07, 6.45) is 1.52. The van der Waals surface area contributed by atoms with E-state index in [0.717, 1.165) is 27.4 Å². The molecule has 1 aliphatic rings. The Morgan fingerprint density at radius 1 is 1.00 bits per heavy atom. The van der Waals surface area contributed by atoms with E-state index >= 15 is 0 Å². The molecule has 2 heterocycles. The third-order valence-electron chi connectivity index (χ3n) is 6.42. The van der Waals surface area contributed by atoms with Gasteiger partial charge in [-0.05, 0) is 28.8 Å². The number of carbonyl (C=O) groups excluding carboxylic acids is 1. The summed E-state index contributed by atoms with van der Waals surface area (Å²) in [6, 6.07) is 24.8. The van der Waals surface area contributed by atoms with E-state index < -0.39 is 6.29 Å². The number of aromatic nitrogens is 3. The number of nitrogens with zero attached hydrogens (tertiary/aromatic N) is 3. The van der Waals surface area contributed by atoms with Gasteiger partial charge < -0.3 is 29.8 Å². The van der Waals surface area contributed by atoms with Gasteiger partial charge in [-0.3, -0.25) is 0 Å². The molecule has 3 atom stereocenters. The summed E-state index contributed by atoms with van der Waals surface area (Å²) in [5.41, 5.74) is 4.44. The maximum absolute atomic E-state index is 12.4. The Morgan fingerprint density at radius 3 is 2.44 bits per heavy atom. The number of benzene rings is 3. The van der Waals surface area contributed by atoms with Gasteiger partial charge >= 0.3 is 6.03 Å². The van der Waals surface area contributed by atoms with Gasteiger partial charge in [0.1, 0.15) is 6.33 Å². The molecule has 3 unspecified atom stereocenters. The van der Waals surface area contributed by atoms with Crippen LogP contribution in [0.3, 0.4) is 0 Å². The van der Waals surface area contributed by atoms with Gasteiger partial charge in [0.25, 0.3) is 0 Å². The molecule has 1 fully saturated rings. The molecule has 0 radical (unpaired) electrons. The molecule has 4 aromatic rings. The van der Waals surface area contributed by atoms with E-state index in [2.05, 4.69) is 20.8 Å². The van der Waals surface area contributed by atoms with Crippen molar-refractivity contribution in [2.75, 3.05) is 11.1 Å². The Morgan fingerprint density at radius 2 is 1.74 bits per heavy atom. The van der Waals surface area contributed by atoms with Crippen LogP contribution in [0.5, 0.6) is 0 Å². The number of hydrogen-bond acceptors (Lipinski definition) is 7. The minimum Gasteiger partial charge on any atom is -0.392 e. The van der Waals surface area contributed by atoms with E-state index in [9.17, 15) is 9.90 Å². The number of hydrogen-bond donors (Lipinski definition) is 3. The van der Waals surface area contributed by atoms with Crippen molar-refractivity contribution in [1.82, 2.24) is 20.1 Å². The van der Waals surface area contributed by atoms with Gasteiger partial charge in [0.15, 0.2) is 11.4 Å². The largest absolute Gasteiger partial charge is 0.392 e. The molecule has 2 amide bonds. The summed E-state index contributed by atoms with van der Waals surface area (Å²) in [4.78, 5) is 12.4. The lowest BCUT2D eigenvalue weighted by Gasteiger charge is -2.36. The molecular formula is C29H31N5O4S. The first-order valence-electron chi connectivity index (χ1n) is 12.7. The quantitative estimate of drug-likeness (QED) is 0.255. The highest BCUT2D eigenvalue weighted by molar-refractivity contribution is 7.99. The monoisotopic (exact) mass is 545 g/mol. The second-order valence-electron chi connectivity index (χ2n) is 9.30. The number of anilines is 1. The molecule has 0 spiro atoms. The molecule has 3 aromatic carbocycles. The Bertz CT molecular complexity index is 1350. The van der Waals surface area contributed by atoms with Gasteiger partial charge in [-0.2, -0.15) is 0 Å². The summed E-state index contributed by atoms with van der Waals surface area (Å²) in [5.74, 6) is 0.693. The first-order chi connectivity index (χ1) is 19.1. The van der Waals surface area contributed by atoms with Crippen LogP contribution >= 0.6 is 11.8 Å². The summed E-state index contributed by atoms with van der Waals surface area (Å²) >= 11 is 1.59. The van der Waals surface area contributed by atoms with Crippen molar-refractivity contribution in [2.45, 2.75) is 43.2 Å². The van der Waals surface area contributed by atoms with Crippen LogP contribution in [-0.4, -0.2) is 37.8 Å². The molecule has 0 saturated carbocycles. The standard InChI is InChI=1S/C29H31N5O4S/c1-34-19-31-33-29(34)39-18-25-15-26(22-9-7-21(17-35)8-10-22)38-27(37-25)23-11-13-24(14-12-23)32-28(36)30-16-20-5-3-2-4-6-20/h2-14,19,25-27,35H,15-18H2,1H3,(H2,30,32,36). The molecule has 10 heteroatoms. The second-order valence-corrected chi connectivity index (χ2v) is 10.3. The van der Waals surface area contributed by atoms with Crippen molar-refractivity contribution in [1.29, 1.82) is 0 Å². The molecule has 1 aliphatic heterocycles. The predicted molar refractivity (Wildman–Crippen MR) is 149 cm³/mol. The SMILES string of the molecule is Cn1cnnc1SCC1CC(c2ccc(CO)cc2)OC(c2ccc(NC(=O)NCc3ccccc3)cc2)O1. The highest BCUT2D eigenvalue weighted by Crippen LogP contribution is 2.39. The lowest BCUT2D eigenvalue weighted by Crippen LogP contribution is -2.31. The van der Waals surface area contributed by atoms with E-state index in [1.165, 1.54) is 0 Å². The molecule has 1 saturated heterocycles. The summed E-state index contributed by atoms with van der Waals surface area (Å²) in [6.45, 7) is 0.447. The second kappa shape index (κ2) is 12.9. The van der Waals surface area contributed by atoms with Crippen LogP contribution in [0.15, 0.2) is 90.3 Å². The minimum atomic E-state index is -0.577. The summed E-state index contributed by atoms with van der Waals surface area (Å²) in [5, 5.41) is 24.1. The zero-order valence-electron chi connectivity index (χ0n) is 21.6. The molecule has 5 rings (SSSR count). The van der Waals surface area contributed by atoms with Crippen LogP contribution in [-0.2, 0) is 29.7 Å². The lowest BCUT2D eigenvalue weighted by molar-refractivity contribution is -0.245. The number of thioether (sulfide) groups is 1. The van der Waals surface area contributed by atoms with Crippen molar-refractivity contribution < 1.29 is 19.4 Å². The van der Waals surface area contributed by atoms with E-state index in [1.54, 1.807) is 18.1 Å². The van der Waals surface area contributed by atoms with Gasteiger partial charge in [-0.15, -0.1) is 10.2 Å². The number of rotatable bonds is 9. The van der Waals surface area contributed by atoms with Crippen molar-refractivity contribution in [2.24, 2.45) is 7.05 Å². The van der Waals surface area contributed by atoms with Crippen LogP contribution in [0, 0.1) is 0 Å². The third kappa shape index (κ3) is 7.24. The summed E-state index contributed by atoms with van der Waals surface area (Å²) < 4.78 is 14.7. The Labute approximate surface area is 231 Å². The smallest absolute Gasteiger partial charge is 0.319 e. The van der Waals surface area contributed by atoms with Crippen molar-refractivity contribution in [3.63, 3.8) is 0 Å².